The van der Waals surface area contributed by atoms with Crippen LogP contribution < -0.4 is 10.5 Å². The molecule has 0 bridgehead atoms. The van der Waals surface area contributed by atoms with Gasteiger partial charge in [-0.3, -0.25) is 5.41 Å². The summed E-state index contributed by atoms with van der Waals surface area (Å²) in [7, 11) is 0. The summed E-state index contributed by atoms with van der Waals surface area (Å²) in [6, 6.07) is 20.8. The molecule has 3 aromatic carbocycles. The molecule has 0 saturated carbocycles. The van der Waals surface area contributed by atoms with Gasteiger partial charge in [-0.05, 0) is 54.3 Å². The van der Waals surface area contributed by atoms with E-state index in [4.69, 9.17) is 20.4 Å². The van der Waals surface area contributed by atoms with Gasteiger partial charge in [-0.2, -0.15) is 4.98 Å². The summed E-state index contributed by atoms with van der Waals surface area (Å²) < 4.78 is 11.5. The van der Waals surface area contributed by atoms with Gasteiger partial charge in [0.25, 0.3) is 0 Å². The number of fused-ring (bicyclic) bond motifs is 1. The van der Waals surface area contributed by atoms with Crippen molar-refractivity contribution in [3.05, 3.63) is 77.7 Å². The van der Waals surface area contributed by atoms with E-state index in [1.165, 1.54) is 18.4 Å². The predicted molar refractivity (Wildman–Crippen MR) is 152 cm³/mol. The average Bonchev–Trinajstić information content (AvgIpc) is 3.41. The van der Waals surface area contributed by atoms with E-state index in [0.717, 1.165) is 46.4 Å². The van der Waals surface area contributed by atoms with E-state index in [1.807, 2.05) is 26.0 Å². The van der Waals surface area contributed by atoms with Gasteiger partial charge in [0.2, 0.25) is 11.7 Å². The molecule has 196 valence electrons. The van der Waals surface area contributed by atoms with Crippen LogP contribution in [0.3, 0.4) is 0 Å². The van der Waals surface area contributed by atoms with Gasteiger partial charge < -0.3 is 15.0 Å². The number of unbranched alkanes of at least 4 members (excludes halogenated alkanes) is 1. The summed E-state index contributed by atoms with van der Waals surface area (Å²) in [6.45, 7) is 11.0. The van der Waals surface area contributed by atoms with Crippen molar-refractivity contribution in [2.24, 2.45) is 11.7 Å². The number of rotatable bonds is 10. The Morgan fingerprint density at radius 3 is 2.35 bits per heavy atom. The topological polar surface area (TPSA) is 98.0 Å². The lowest BCUT2D eigenvalue weighted by molar-refractivity contribution is 0.306. The fourth-order valence-corrected chi connectivity index (χ4v) is 3.71. The Kier molecular flexibility index (Phi) is 10.2. The molecule has 4 rings (SSSR count). The van der Waals surface area contributed by atoms with Gasteiger partial charge >= 0.3 is 0 Å². The summed E-state index contributed by atoms with van der Waals surface area (Å²) in [4.78, 5) is 4.62. The van der Waals surface area contributed by atoms with E-state index in [-0.39, 0.29) is 5.92 Å². The zero-order valence-corrected chi connectivity index (χ0v) is 22.8. The summed E-state index contributed by atoms with van der Waals surface area (Å²) in [6.07, 6.45) is 4.38. The normalized spacial score (nSPS) is 12.5. The fourth-order valence-electron chi connectivity index (χ4n) is 3.71. The summed E-state index contributed by atoms with van der Waals surface area (Å²) in [5.41, 5.74) is 8.51. The lowest BCUT2D eigenvalue weighted by atomic mass is 10.0. The van der Waals surface area contributed by atoms with Crippen molar-refractivity contribution >= 4 is 16.6 Å². The smallest absolute Gasteiger partial charge is 0.229 e. The molecule has 0 radical (unpaired) electrons. The fraction of sp³-hybridized carbons (Fsp3) is 0.387. The van der Waals surface area contributed by atoms with Gasteiger partial charge in [-0.25, -0.2) is 0 Å². The van der Waals surface area contributed by atoms with Crippen molar-refractivity contribution < 1.29 is 9.26 Å². The number of aryl methyl sites for hydroxylation is 1. The Morgan fingerprint density at radius 1 is 1.00 bits per heavy atom. The number of ether oxygens (including phenoxy) is 1. The van der Waals surface area contributed by atoms with Crippen LogP contribution in [0.1, 0.15) is 76.3 Å². The summed E-state index contributed by atoms with van der Waals surface area (Å²) in [5.74, 6) is 3.08. The van der Waals surface area contributed by atoms with Crippen molar-refractivity contribution in [3.8, 4) is 17.1 Å². The number of aromatic nitrogens is 2. The molecule has 0 aliphatic heterocycles. The van der Waals surface area contributed by atoms with E-state index in [9.17, 15) is 0 Å². The van der Waals surface area contributed by atoms with Crippen LogP contribution in [-0.2, 0) is 6.61 Å². The molecule has 3 N–H and O–H groups in total. The molecule has 6 heteroatoms. The number of benzene rings is 3. The first-order valence-corrected chi connectivity index (χ1v) is 13.2. The third kappa shape index (κ3) is 8.17. The summed E-state index contributed by atoms with van der Waals surface area (Å²) >= 11 is 0. The third-order valence-electron chi connectivity index (χ3n) is 6.59. The molecule has 0 aliphatic carbocycles. The first kappa shape index (κ1) is 27.9. The molecule has 0 amide bonds. The molecule has 1 aromatic heterocycles. The Balaban J connectivity index is 0.000000479. The van der Waals surface area contributed by atoms with Gasteiger partial charge in [-0.15, -0.1) is 0 Å². The Labute approximate surface area is 220 Å². The number of nitrogens with zero attached hydrogens (tertiary/aromatic N) is 2. The zero-order valence-electron chi connectivity index (χ0n) is 22.8. The van der Waals surface area contributed by atoms with E-state index >= 15 is 0 Å². The third-order valence-corrected chi connectivity index (χ3v) is 6.59. The van der Waals surface area contributed by atoms with E-state index in [0.29, 0.717) is 24.2 Å². The van der Waals surface area contributed by atoms with Gasteiger partial charge in [0.15, 0.2) is 0 Å². The second-order valence-corrected chi connectivity index (χ2v) is 9.76. The van der Waals surface area contributed by atoms with Crippen LogP contribution in [0.4, 0.5) is 0 Å². The second-order valence-electron chi connectivity index (χ2n) is 9.76. The number of amidine groups is 1. The number of hydrogen-bond acceptors (Lipinski definition) is 5. The molecular formula is C31H40N4O2. The molecule has 37 heavy (non-hydrogen) atoms. The van der Waals surface area contributed by atoms with Gasteiger partial charge in [0.1, 0.15) is 12.4 Å². The molecule has 0 aliphatic rings. The minimum Gasteiger partial charge on any atom is -0.489 e. The first-order valence-electron chi connectivity index (χ1n) is 13.2. The highest BCUT2D eigenvalue weighted by Crippen LogP contribution is 2.28. The zero-order chi connectivity index (χ0) is 26.8. The average molecular weight is 501 g/mol. The Morgan fingerprint density at radius 2 is 1.70 bits per heavy atom. The van der Waals surface area contributed by atoms with E-state index in [1.54, 1.807) is 0 Å². The lowest BCUT2D eigenvalue weighted by Gasteiger charge is -2.08. The highest BCUT2D eigenvalue weighted by Gasteiger charge is 2.15. The highest BCUT2D eigenvalue weighted by atomic mass is 16.5. The van der Waals surface area contributed by atoms with Crippen molar-refractivity contribution in [1.29, 1.82) is 5.41 Å². The molecule has 2 atom stereocenters. The minimum absolute atomic E-state index is 0.264. The molecule has 0 saturated heterocycles. The first-order chi connectivity index (χ1) is 17.8. The number of nitrogens with two attached hydrogens (primary N) is 1. The van der Waals surface area contributed by atoms with Crippen molar-refractivity contribution in [2.75, 3.05) is 0 Å². The largest absolute Gasteiger partial charge is 0.489 e. The maximum Gasteiger partial charge on any atom is 0.229 e. The van der Waals surface area contributed by atoms with Crippen LogP contribution >= 0.6 is 0 Å². The summed E-state index contributed by atoms with van der Waals surface area (Å²) in [5, 5.41) is 13.3. The maximum absolute atomic E-state index is 6.88. The Hall–Kier alpha value is -3.67. The van der Waals surface area contributed by atoms with Gasteiger partial charge in [0.05, 0.1) is 5.84 Å². The molecule has 1 heterocycles. The van der Waals surface area contributed by atoms with Crippen LogP contribution in [0.2, 0.25) is 0 Å². The standard InChI is InChI=1S/C26H28N2O2.C5H12N2/c1-4-5-6-19(3)26-27-25(28-30-26)23-12-11-22-16-24(14-13-21(22)15-23)29-17-20-9-7-18(2)8-10-20;1-3-4(2)5(6)7/h7-16,19H,4-6,17H2,1-3H3;4H,3H2,1-2H3,(H3,6,7). The van der Waals surface area contributed by atoms with Crippen LogP contribution in [0.15, 0.2) is 65.2 Å². The minimum atomic E-state index is 0.264. The Bertz CT molecular complexity index is 1280. The van der Waals surface area contributed by atoms with Gasteiger partial charge in [-0.1, -0.05) is 93.7 Å². The lowest BCUT2D eigenvalue weighted by Crippen LogP contribution is -2.18. The van der Waals surface area contributed by atoms with Crippen molar-refractivity contribution in [2.45, 2.75) is 72.8 Å². The molecule has 0 spiro atoms. The quantitative estimate of drug-likeness (QED) is 0.170. The number of hydrogen-bond donors (Lipinski definition) is 2. The second kappa shape index (κ2) is 13.6. The maximum atomic E-state index is 6.88. The van der Waals surface area contributed by atoms with E-state index < -0.39 is 0 Å². The van der Waals surface area contributed by atoms with Crippen molar-refractivity contribution in [1.82, 2.24) is 10.1 Å². The van der Waals surface area contributed by atoms with Crippen LogP contribution in [0.5, 0.6) is 5.75 Å². The van der Waals surface area contributed by atoms with Crippen LogP contribution in [-0.4, -0.2) is 16.0 Å². The van der Waals surface area contributed by atoms with Crippen molar-refractivity contribution in [3.63, 3.8) is 0 Å². The molecule has 0 fully saturated rings. The van der Waals surface area contributed by atoms with E-state index in [2.05, 4.69) is 79.4 Å². The molecule has 4 aromatic rings. The molecule has 2 unspecified atom stereocenters. The SMILES string of the molecule is CCC(C)C(=N)N.CCCCC(C)c1nc(-c2ccc3cc(OCc4ccc(C)cc4)ccc3c2)no1. The van der Waals surface area contributed by atoms with Crippen LogP contribution in [0, 0.1) is 18.3 Å². The molecule has 6 nitrogen and oxygen atoms in total. The molecular weight excluding hydrogens is 460 g/mol. The number of nitrogens with one attached hydrogen (secondary N) is 1. The predicted octanol–water partition coefficient (Wildman–Crippen LogP) is 8.04. The monoisotopic (exact) mass is 500 g/mol. The van der Waals surface area contributed by atoms with Gasteiger partial charge in [0, 0.05) is 17.4 Å². The van der Waals surface area contributed by atoms with Crippen LogP contribution in [0.25, 0.3) is 22.2 Å². The highest BCUT2D eigenvalue weighted by molar-refractivity contribution is 5.87.